The van der Waals surface area contributed by atoms with Crippen molar-refractivity contribution in [3.8, 4) is 11.5 Å². The third-order valence-electron chi connectivity index (χ3n) is 3.70. The predicted molar refractivity (Wildman–Crippen MR) is 94.9 cm³/mol. The first kappa shape index (κ1) is 17.2. The highest BCUT2D eigenvalue weighted by atomic mass is 32.2. The molecule has 0 amide bonds. The van der Waals surface area contributed by atoms with Crippen LogP contribution in [0.3, 0.4) is 0 Å². The lowest BCUT2D eigenvalue weighted by atomic mass is 10.1. The largest absolute Gasteiger partial charge is 0.497 e. The quantitative estimate of drug-likeness (QED) is 0.495. The van der Waals surface area contributed by atoms with Crippen molar-refractivity contribution < 1.29 is 14.3 Å². The lowest BCUT2D eigenvalue weighted by Gasteiger charge is -2.09. The Bertz CT molecular complexity index is 939. The summed E-state index contributed by atoms with van der Waals surface area (Å²) >= 11 is 1.32. The first-order chi connectivity index (χ1) is 12.0. The Morgan fingerprint density at radius 3 is 2.68 bits per heavy atom. The van der Waals surface area contributed by atoms with Gasteiger partial charge in [-0.05, 0) is 32.0 Å². The Labute approximate surface area is 149 Å². The van der Waals surface area contributed by atoms with Gasteiger partial charge in [0.2, 0.25) is 0 Å². The molecule has 3 aromatic rings. The predicted octanol–water partition coefficient (Wildman–Crippen LogP) is 2.73. The number of ketones is 1. The van der Waals surface area contributed by atoms with Crippen molar-refractivity contribution >= 4 is 23.3 Å². The van der Waals surface area contributed by atoms with Crippen LogP contribution in [-0.2, 0) is 0 Å². The minimum Gasteiger partial charge on any atom is -0.497 e. The van der Waals surface area contributed by atoms with Gasteiger partial charge in [-0.3, -0.25) is 9.20 Å². The fraction of sp³-hybridized carbons (Fsp3) is 0.294. The van der Waals surface area contributed by atoms with Gasteiger partial charge in [-0.2, -0.15) is 0 Å². The maximum atomic E-state index is 12.6. The van der Waals surface area contributed by atoms with Gasteiger partial charge in [-0.1, -0.05) is 11.8 Å². The summed E-state index contributed by atoms with van der Waals surface area (Å²) in [5.41, 5.74) is 2.37. The molecule has 8 heteroatoms. The van der Waals surface area contributed by atoms with Gasteiger partial charge < -0.3 is 9.47 Å². The first-order valence-electron chi connectivity index (χ1n) is 7.61. The molecule has 0 atom stereocenters. The molecule has 25 heavy (non-hydrogen) atoms. The number of hydrogen-bond donors (Lipinski definition) is 0. The van der Waals surface area contributed by atoms with Crippen molar-refractivity contribution in [1.29, 1.82) is 0 Å². The summed E-state index contributed by atoms with van der Waals surface area (Å²) in [5.74, 6) is 1.83. The second-order valence-electron chi connectivity index (χ2n) is 5.43. The fourth-order valence-corrected chi connectivity index (χ4v) is 3.40. The van der Waals surface area contributed by atoms with Crippen LogP contribution in [0.1, 0.15) is 21.7 Å². The molecule has 0 fully saturated rings. The molecule has 7 nitrogen and oxygen atoms in total. The van der Waals surface area contributed by atoms with Crippen molar-refractivity contribution in [2.75, 3.05) is 20.0 Å². The monoisotopic (exact) mass is 358 g/mol. The minimum atomic E-state index is -0.0565. The summed E-state index contributed by atoms with van der Waals surface area (Å²) in [6, 6.07) is 7.10. The highest BCUT2D eigenvalue weighted by Crippen LogP contribution is 2.27. The summed E-state index contributed by atoms with van der Waals surface area (Å²) in [6.45, 7) is 3.87. The van der Waals surface area contributed by atoms with Crippen molar-refractivity contribution in [3.05, 3.63) is 41.2 Å². The molecule has 3 rings (SSSR count). The number of ether oxygens (including phenoxy) is 2. The number of rotatable bonds is 6. The van der Waals surface area contributed by atoms with Gasteiger partial charge in [0.15, 0.2) is 10.9 Å². The van der Waals surface area contributed by atoms with Crippen LogP contribution in [-0.4, -0.2) is 45.3 Å². The van der Waals surface area contributed by atoms with Crippen molar-refractivity contribution in [2.45, 2.75) is 19.0 Å². The molecule has 2 aromatic heterocycles. The van der Waals surface area contributed by atoms with E-state index in [2.05, 4.69) is 15.2 Å². The van der Waals surface area contributed by atoms with Crippen molar-refractivity contribution in [2.24, 2.45) is 0 Å². The first-order valence-corrected chi connectivity index (χ1v) is 8.59. The number of nitrogens with zero attached hydrogens (tertiary/aromatic N) is 4. The summed E-state index contributed by atoms with van der Waals surface area (Å²) in [4.78, 5) is 16.9. The van der Waals surface area contributed by atoms with E-state index in [1.54, 1.807) is 25.3 Å². The Morgan fingerprint density at radius 2 is 1.96 bits per heavy atom. The number of carbonyl (C=O) groups excluding carboxylic acids is 1. The number of fused-ring (bicyclic) bond motifs is 1. The average Bonchev–Trinajstić information content (AvgIpc) is 3.02. The minimum absolute atomic E-state index is 0.0565. The molecule has 0 N–H and O–H groups in total. The number of aromatic nitrogens is 4. The number of thioether (sulfide) groups is 1. The molecule has 0 aliphatic carbocycles. The summed E-state index contributed by atoms with van der Waals surface area (Å²) in [6.07, 6.45) is 0. The number of carbonyl (C=O) groups is 1. The Balaban J connectivity index is 1.81. The SMILES string of the molecule is COc1ccc(C(=O)CSc2nnc3nc(C)cc(C)n23)c(OC)c1. The van der Waals surface area contributed by atoms with Crippen LogP contribution in [0.5, 0.6) is 11.5 Å². The molecule has 0 aliphatic rings. The standard InChI is InChI=1S/C17H18N4O3S/c1-10-7-11(2)21-16(18-10)19-20-17(21)25-9-14(22)13-6-5-12(23-3)8-15(13)24-4/h5-8H,9H2,1-4H3. The molecule has 2 heterocycles. The summed E-state index contributed by atoms with van der Waals surface area (Å²) in [7, 11) is 3.10. The maximum Gasteiger partial charge on any atom is 0.256 e. The maximum absolute atomic E-state index is 12.6. The zero-order valence-electron chi connectivity index (χ0n) is 14.4. The number of aryl methyl sites for hydroxylation is 2. The van der Waals surface area contributed by atoms with Crippen molar-refractivity contribution in [1.82, 2.24) is 19.6 Å². The van der Waals surface area contributed by atoms with Crippen LogP contribution in [0.2, 0.25) is 0 Å². The Hall–Kier alpha value is -2.61. The van der Waals surface area contributed by atoms with E-state index in [1.807, 2.05) is 24.3 Å². The topological polar surface area (TPSA) is 78.6 Å². The van der Waals surface area contributed by atoms with Gasteiger partial charge in [0.25, 0.3) is 5.78 Å². The Kier molecular flexibility index (Phi) is 4.89. The van der Waals surface area contributed by atoms with Crippen LogP contribution in [0.15, 0.2) is 29.4 Å². The van der Waals surface area contributed by atoms with E-state index >= 15 is 0 Å². The number of hydrogen-bond acceptors (Lipinski definition) is 7. The number of Topliss-reactive ketones (excluding diaryl/α,β-unsaturated/α-hetero) is 1. The number of methoxy groups -OCH3 is 2. The second-order valence-corrected chi connectivity index (χ2v) is 6.38. The molecule has 0 aliphatic heterocycles. The van der Waals surface area contributed by atoms with Crippen LogP contribution < -0.4 is 9.47 Å². The van der Waals surface area contributed by atoms with Crippen LogP contribution >= 0.6 is 11.8 Å². The zero-order valence-corrected chi connectivity index (χ0v) is 15.3. The van der Waals surface area contributed by atoms with E-state index in [-0.39, 0.29) is 11.5 Å². The van der Waals surface area contributed by atoms with E-state index in [0.29, 0.717) is 28.0 Å². The molecule has 0 spiro atoms. The van der Waals surface area contributed by atoms with E-state index < -0.39 is 0 Å². The molecular weight excluding hydrogens is 340 g/mol. The van der Waals surface area contributed by atoms with Crippen LogP contribution in [0, 0.1) is 13.8 Å². The lowest BCUT2D eigenvalue weighted by Crippen LogP contribution is -2.06. The fourth-order valence-electron chi connectivity index (χ4n) is 2.53. The third kappa shape index (κ3) is 3.43. The molecule has 1 aromatic carbocycles. The zero-order chi connectivity index (χ0) is 18.0. The highest BCUT2D eigenvalue weighted by Gasteiger charge is 2.16. The van der Waals surface area contributed by atoms with E-state index in [4.69, 9.17) is 9.47 Å². The van der Waals surface area contributed by atoms with Crippen LogP contribution in [0.25, 0.3) is 5.78 Å². The molecule has 0 bridgehead atoms. The lowest BCUT2D eigenvalue weighted by molar-refractivity contribution is 0.101. The van der Waals surface area contributed by atoms with Gasteiger partial charge in [-0.25, -0.2) is 4.98 Å². The normalized spacial score (nSPS) is 10.9. The van der Waals surface area contributed by atoms with Gasteiger partial charge in [0, 0.05) is 17.5 Å². The summed E-state index contributed by atoms with van der Waals surface area (Å²) < 4.78 is 12.3. The van der Waals surface area contributed by atoms with Gasteiger partial charge in [0.1, 0.15) is 11.5 Å². The smallest absolute Gasteiger partial charge is 0.256 e. The van der Waals surface area contributed by atoms with Crippen molar-refractivity contribution in [3.63, 3.8) is 0 Å². The molecule has 0 saturated carbocycles. The van der Waals surface area contributed by atoms with E-state index in [1.165, 1.54) is 18.9 Å². The molecular formula is C17H18N4O3S. The van der Waals surface area contributed by atoms with Gasteiger partial charge in [0.05, 0.1) is 25.5 Å². The van der Waals surface area contributed by atoms with Gasteiger partial charge >= 0.3 is 0 Å². The molecule has 0 saturated heterocycles. The van der Waals surface area contributed by atoms with Crippen LogP contribution in [0.4, 0.5) is 0 Å². The van der Waals surface area contributed by atoms with Gasteiger partial charge in [-0.15, -0.1) is 10.2 Å². The number of benzene rings is 1. The third-order valence-corrected chi connectivity index (χ3v) is 4.63. The second kappa shape index (κ2) is 7.10. The van der Waals surface area contributed by atoms with E-state index in [9.17, 15) is 4.79 Å². The average molecular weight is 358 g/mol. The Morgan fingerprint density at radius 1 is 1.16 bits per heavy atom. The molecule has 130 valence electrons. The molecule has 0 radical (unpaired) electrons. The molecule has 0 unspecified atom stereocenters. The summed E-state index contributed by atoms with van der Waals surface area (Å²) in [5, 5.41) is 8.86. The van der Waals surface area contributed by atoms with E-state index in [0.717, 1.165) is 11.4 Å². The highest BCUT2D eigenvalue weighted by molar-refractivity contribution is 7.99.